The van der Waals surface area contributed by atoms with Gasteiger partial charge in [-0.25, -0.2) is 14.4 Å². The fraction of sp³-hybridized carbons (Fsp3) is 0.731. The lowest BCUT2D eigenvalue weighted by Gasteiger charge is -2.40. The molecule has 6 unspecified atom stereocenters. The van der Waals surface area contributed by atoms with Gasteiger partial charge in [-0.3, -0.25) is 0 Å². The zero-order valence-electron chi connectivity index (χ0n) is 21.3. The summed E-state index contributed by atoms with van der Waals surface area (Å²) in [6.07, 6.45) is -0.256. The summed E-state index contributed by atoms with van der Waals surface area (Å²) in [5.74, 6) is -3.68. The maximum atomic E-state index is 12.4. The van der Waals surface area contributed by atoms with Crippen LogP contribution in [0.5, 0.6) is 0 Å². The number of aliphatic hydroxyl groups is 5. The summed E-state index contributed by atoms with van der Waals surface area (Å²) in [5, 5.41) is 60.3. The van der Waals surface area contributed by atoms with E-state index in [1.54, 1.807) is 6.08 Å². The predicted octanol–water partition coefficient (Wildman–Crippen LogP) is -0.409. The summed E-state index contributed by atoms with van der Waals surface area (Å²) in [6, 6.07) is 0. The molecule has 0 spiro atoms. The molecule has 0 amide bonds. The average Bonchev–Trinajstić information content (AvgIpc) is 2.86. The van der Waals surface area contributed by atoms with Crippen molar-refractivity contribution >= 4 is 17.9 Å². The summed E-state index contributed by atoms with van der Waals surface area (Å²) in [7, 11) is 1.52. The third kappa shape index (κ3) is 7.84. The first-order valence-corrected chi connectivity index (χ1v) is 12.9. The molecule has 0 aromatic heterocycles. The molecule has 0 aromatic rings. The second-order valence-electron chi connectivity index (χ2n) is 10.5. The third-order valence-corrected chi connectivity index (χ3v) is 7.70. The van der Waals surface area contributed by atoms with Gasteiger partial charge in [0.05, 0.1) is 24.4 Å². The van der Waals surface area contributed by atoms with Crippen molar-refractivity contribution in [3.05, 3.63) is 24.3 Å². The molecule has 10 atom stereocenters. The number of aliphatic carboxylic acids is 1. The molecular weight excluding hydrogens is 504 g/mol. The second kappa shape index (κ2) is 13.1. The molecule has 214 valence electrons. The number of allylic oxidation sites excluding steroid dienone is 2. The minimum Gasteiger partial charge on any atom is -0.479 e. The van der Waals surface area contributed by atoms with Gasteiger partial charge in [0.2, 0.25) is 0 Å². The van der Waals surface area contributed by atoms with E-state index in [-0.39, 0.29) is 24.4 Å². The number of carboxylic acid groups (broad SMARTS) is 1. The summed E-state index contributed by atoms with van der Waals surface area (Å²) in [4.78, 5) is 36.6. The second-order valence-corrected chi connectivity index (χ2v) is 10.5. The van der Waals surface area contributed by atoms with E-state index in [2.05, 4.69) is 0 Å². The maximum absolute atomic E-state index is 12.4. The van der Waals surface area contributed by atoms with Crippen LogP contribution in [0.2, 0.25) is 0 Å². The van der Waals surface area contributed by atoms with Crippen molar-refractivity contribution in [1.29, 1.82) is 0 Å². The first-order chi connectivity index (χ1) is 17.9. The van der Waals surface area contributed by atoms with Gasteiger partial charge in [-0.2, -0.15) is 0 Å². The monoisotopic (exact) mass is 542 g/mol. The van der Waals surface area contributed by atoms with E-state index < -0.39 is 73.0 Å². The van der Waals surface area contributed by atoms with Crippen molar-refractivity contribution in [2.45, 2.75) is 99.7 Å². The molecule has 12 nitrogen and oxygen atoms in total. The van der Waals surface area contributed by atoms with Gasteiger partial charge in [-0.15, -0.1) is 0 Å². The number of esters is 2. The average molecular weight is 543 g/mol. The number of carbonyl (C=O) groups excluding carboxylic acids is 2. The Kier molecular flexibility index (Phi) is 10.4. The fourth-order valence-corrected chi connectivity index (χ4v) is 5.37. The first-order valence-electron chi connectivity index (χ1n) is 12.9. The van der Waals surface area contributed by atoms with Gasteiger partial charge in [-0.1, -0.05) is 12.2 Å². The van der Waals surface area contributed by atoms with Gasteiger partial charge in [-0.05, 0) is 50.4 Å². The number of ether oxygens (including phenoxy) is 3. The first kappa shape index (κ1) is 30.2. The maximum Gasteiger partial charge on any atom is 0.335 e. The van der Waals surface area contributed by atoms with E-state index in [9.17, 15) is 45.0 Å². The molecule has 0 radical (unpaired) electrons. The molecule has 0 aliphatic heterocycles. The highest BCUT2D eigenvalue weighted by Crippen LogP contribution is 2.34. The van der Waals surface area contributed by atoms with Crippen molar-refractivity contribution in [2.75, 3.05) is 7.11 Å². The summed E-state index contributed by atoms with van der Waals surface area (Å²) >= 11 is 0. The molecule has 3 fully saturated rings. The number of carbonyl (C=O) groups is 3. The minimum absolute atomic E-state index is 0.106. The van der Waals surface area contributed by atoms with Crippen LogP contribution in [0, 0.1) is 11.8 Å². The highest BCUT2D eigenvalue weighted by Gasteiger charge is 2.52. The molecule has 3 aliphatic rings. The normalized spacial score (nSPS) is 40.2. The van der Waals surface area contributed by atoms with E-state index in [4.69, 9.17) is 14.2 Å². The van der Waals surface area contributed by atoms with Gasteiger partial charge < -0.3 is 44.8 Å². The van der Waals surface area contributed by atoms with Gasteiger partial charge in [0.25, 0.3) is 0 Å². The van der Waals surface area contributed by atoms with Crippen molar-refractivity contribution in [3.8, 4) is 0 Å². The van der Waals surface area contributed by atoms with Crippen LogP contribution in [0.15, 0.2) is 24.3 Å². The van der Waals surface area contributed by atoms with Crippen LogP contribution in [0.3, 0.4) is 0 Å². The Morgan fingerprint density at radius 1 is 0.737 bits per heavy atom. The van der Waals surface area contributed by atoms with E-state index >= 15 is 0 Å². The van der Waals surface area contributed by atoms with Crippen molar-refractivity contribution in [1.82, 2.24) is 0 Å². The Morgan fingerprint density at radius 3 is 1.68 bits per heavy atom. The van der Waals surface area contributed by atoms with E-state index in [1.165, 1.54) is 13.2 Å². The summed E-state index contributed by atoms with van der Waals surface area (Å²) in [6.45, 7) is 0. The molecule has 3 saturated carbocycles. The van der Waals surface area contributed by atoms with Crippen LogP contribution >= 0.6 is 0 Å². The highest BCUT2D eigenvalue weighted by atomic mass is 16.6. The Labute approximate surface area is 220 Å². The molecule has 0 bridgehead atoms. The van der Waals surface area contributed by atoms with Gasteiger partial charge >= 0.3 is 17.9 Å². The smallest absolute Gasteiger partial charge is 0.335 e. The quantitative estimate of drug-likeness (QED) is 0.171. The number of hydrogen-bond donors (Lipinski definition) is 6. The SMILES string of the molecule is COC1CCC(/C=C/C(=O)O[C@@H]2C[C@@](O)(C(=O)O)C[C@@H](OC(=O)/C=C/C3CCC(O)C(O)C3)[C@@H]2O)CC1O. The van der Waals surface area contributed by atoms with E-state index in [0.29, 0.717) is 32.1 Å². The van der Waals surface area contributed by atoms with E-state index in [1.807, 2.05) is 0 Å². The highest BCUT2D eigenvalue weighted by molar-refractivity contribution is 5.83. The molecule has 0 heterocycles. The molecular formula is C26H38O12. The Morgan fingerprint density at radius 2 is 1.24 bits per heavy atom. The number of hydrogen-bond acceptors (Lipinski definition) is 11. The Bertz CT molecular complexity index is 903. The van der Waals surface area contributed by atoms with Crippen LogP contribution in [0.1, 0.15) is 51.4 Å². The molecule has 12 heteroatoms. The Hall–Kier alpha value is -2.35. The number of carboxylic acids is 1. The molecule has 38 heavy (non-hydrogen) atoms. The van der Waals surface area contributed by atoms with Crippen molar-refractivity contribution in [2.24, 2.45) is 11.8 Å². The zero-order chi connectivity index (χ0) is 28.0. The lowest BCUT2D eigenvalue weighted by molar-refractivity contribution is -0.203. The number of rotatable bonds is 8. The van der Waals surface area contributed by atoms with E-state index in [0.717, 1.165) is 12.2 Å². The molecule has 3 aliphatic carbocycles. The van der Waals surface area contributed by atoms with Crippen LogP contribution in [0.4, 0.5) is 0 Å². The van der Waals surface area contributed by atoms with Gasteiger partial charge in [0.1, 0.15) is 18.3 Å². The third-order valence-electron chi connectivity index (χ3n) is 7.70. The van der Waals surface area contributed by atoms with Crippen molar-refractivity contribution in [3.63, 3.8) is 0 Å². The zero-order valence-corrected chi connectivity index (χ0v) is 21.3. The molecule has 3 rings (SSSR count). The lowest BCUT2D eigenvalue weighted by Crippen LogP contribution is -2.58. The fourth-order valence-electron chi connectivity index (χ4n) is 5.37. The lowest BCUT2D eigenvalue weighted by atomic mass is 9.79. The topological polar surface area (TPSA) is 200 Å². The Balaban J connectivity index is 1.60. The summed E-state index contributed by atoms with van der Waals surface area (Å²) in [5.41, 5.74) is -2.41. The van der Waals surface area contributed by atoms with Crippen LogP contribution in [0.25, 0.3) is 0 Å². The van der Waals surface area contributed by atoms with Gasteiger partial charge in [0.15, 0.2) is 5.60 Å². The van der Waals surface area contributed by atoms with Crippen LogP contribution in [-0.2, 0) is 28.6 Å². The van der Waals surface area contributed by atoms with Gasteiger partial charge in [0, 0.05) is 32.1 Å². The number of methoxy groups -OCH3 is 1. The minimum atomic E-state index is -2.41. The summed E-state index contributed by atoms with van der Waals surface area (Å²) < 4.78 is 15.7. The number of aliphatic hydroxyl groups excluding tert-OH is 4. The van der Waals surface area contributed by atoms with Crippen LogP contribution in [-0.4, -0.2) is 104 Å². The predicted molar refractivity (Wildman–Crippen MR) is 129 cm³/mol. The largest absolute Gasteiger partial charge is 0.479 e. The molecule has 0 aromatic carbocycles. The standard InChI is InChI=1S/C26H38O12/c1-36-19-7-3-15(11-18(19)29)5-9-23(31)38-21-13-26(35,25(33)34)12-20(24(21)32)37-22(30)8-4-14-2-6-16(27)17(28)10-14/h4-5,8-9,14-21,24,27-29,32,35H,2-3,6-7,10-13H2,1H3,(H,33,34)/b8-4+,9-5+/t14?,15?,16?,17?,18?,19?,20-,21-,24+,26-/m1/s1. The van der Waals surface area contributed by atoms with Crippen LogP contribution < -0.4 is 0 Å². The molecule has 6 N–H and O–H groups in total. The van der Waals surface area contributed by atoms with Crippen molar-refractivity contribution < 1.29 is 59.2 Å². The molecule has 0 saturated heterocycles.